The summed E-state index contributed by atoms with van der Waals surface area (Å²) in [7, 11) is 0. The molecule has 0 unspecified atom stereocenters. The Morgan fingerprint density at radius 2 is 2.16 bits per heavy atom. The number of nitrogens with one attached hydrogen (secondary N) is 1. The third kappa shape index (κ3) is 4.03. The number of rotatable bonds is 3. The number of carbonyl (C=O) groups excluding carboxylic acids is 1. The minimum absolute atomic E-state index is 0.0867. The van der Waals surface area contributed by atoms with Gasteiger partial charge in [-0.2, -0.15) is 5.10 Å². The van der Waals surface area contributed by atoms with Gasteiger partial charge in [-0.3, -0.25) is 4.79 Å². The molecule has 2 N–H and O–H groups in total. The fourth-order valence-corrected chi connectivity index (χ4v) is 2.78. The van der Waals surface area contributed by atoms with Crippen molar-refractivity contribution in [3.8, 4) is 5.69 Å². The van der Waals surface area contributed by atoms with Gasteiger partial charge in [0.25, 0.3) is 0 Å². The smallest absolute Gasteiger partial charge is 0.335 e. The third-order valence-electron chi connectivity index (χ3n) is 3.94. The van der Waals surface area contributed by atoms with E-state index in [4.69, 9.17) is 5.11 Å². The van der Waals surface area contributed by atoms with Crippen LogP contribution in [0.4, 0.5) is 0 Å². The Labute approximate surface area is 145 Å². The average molecular weight is 337 g/mol. The first-order valence-electron chi connectivity index (χ1n) is 8.08. The quantitative estimate of drug-likeness (QED) is 0.902. The number of allylic oxidation sites excluding steroid dienone is 3. The first kappa shape index (κ1) is 16.7. The summed E-state index contributed by atoms with van der Waals surface area (Å²) in [6.45, 7) is 1.49. The molecule has 1 amide bonds. The normalized spacial score (nSPS) is 13.9. The fraction of sp³-hybridized carbons (Fsp3) is 0.211. The summed E-state index contributed by atoms with van der Waals surface area (Å²) in [5, 5.41) is 16.6. The number of hydrogen-bond donors (Lipinski definition) is 2. The van der Waals surface area contributed by atoms with Crippen LogP contribution in [0.2, 0.25) is 0 Å². The number of carboxylic acid groups (broad SMARTS) is 1. The van der Waals surface area contributed by atoms with Crippen molar-refractivity contribution in [3.05, 3.63) is 71.2 Å². The van der Waals surface area contributed by atoms with Gasteiger partial charge in [0.05, 0.1) is 16.9 Å². The predicted octanol–water partition coefficient (Wildman–Crippen LogP) is 2.64. The van der Waals surface area contributed by atoms with Gasteiger partial charge in [-0.05, 0) is 42.7 Å². The number of fused-ring (bicyclic) bond motifs is 1. The van der Waals surface area contributed by atoms with Gasteiger partial charge in [-0.1, -0.05) is 18.2 Å². The minimum atomic E-state index is -0.956. The largest absolute Gasteiger partial charge is 0.478 e. The first-order chi connectivity index (χ1) is 12.0. The summed E-state index contributed by atoms with van der Waals surface area (Å²) in [5.74, 6) is -1.04. The maximum atomic E-state index is 11.2. The molecule has 0 atom stereocenters. The number of nitrogens with zero attached hydrogens (tertiary/aromatic N) is 2. The SMILES string of the molecule is CC(=O)NC1=CCCc2cn(-c3cccc(C(=O)O)c3)nc2CC=C1. The van der Waals surface area contributed by atoms with Crippen LogP contribution >= 0.6 is 0 Å². The lowest BCUT2D eigenvalue weighted by molar-refractivity contribution is -0.118. The van der Waals surface area contributed by atoms with Crippen LogP contribution < -0.4 is 5.32 Å². The molecule has 3 rings (SSSR count). The molecule has 6 nitrogen and oxygen atoms in total. The zero-order valence-electron chi connectivity index (χ0n) is 13.9. The molecule has 1 aromatic carbocycles. The van der Waals surface area contributed by atoms with Crippen LogP contribution in [0.25, 0.3) is 5.69 Å². The van der Waals surface area contributed by atoms with E-state index in [0.29, 0.717) is 6.42 Å². The second-order valence-corrected chi connectivity index (χ2v) is 5.89. The number of amides is 1. The highest BCUT2D eigenvalue weighted by atomic mass is 16.4. The van der Waals surface area contributed by atoms with E-state index in [0.717, 1.165) is 35.5 Å². The highest BCUT2D eigenvalue weighted by Gasteiger charge is 2.12. The summed E-state index contributed by atoms with van der Waals surface area (Å²) in [6.07, 6.45) is 10.0. The lowest BCUT2D eigenvalue weighted by atomic mass is 10.1. The van der Waals surface area contributed by atoms with Gasteiger partial charge in [-0.15, -0.1) is 0 Å². The summed E-state index contributed by atoms with van der Waals surface area (Å²) >= 11 is 0. The zero-order chi connectivity index (χ0) is 17.8. The Balaban J connectivity index is 1.85. The summed E-state index contributed by atoms with van der Waals surface area (Å²) < 4.78 is 1.73. The molecule has 1 aliphatic rings. The van der Waals surface area contributed by atoms with Gasteiger partial charge in [0.2, 0.25) is 5.91 Å². The van der Waals surface area contributed by atoms with Gasteiger partial charge in [0, 0.05) is 25.2 Å². The molecule has 128 valence electrons. The lowest BCUT2D eigenvalue weighted by Gasteiger charge is -2.03. The van der Waals surface area contributed by atoms with Crippen LogP contribution in [-0.2, 0) is 17.6 Å². The van der Waals surface area contributed by atoms with E-state index >= 15 is 0 Å². The van der Waals surface area contributed by atoms with E-state index in [2.05, 4.69) is 10.4 Å². The Morgan fingerprint density at radius 1 is 1.32 bits per heavy atom. The molecule has 0 saturated heterocycles. The molecular formula is C19H19N3O3. The Kier molecular flexibility index (Phi) is 4.79. The van der Waals surface area contributed by atoms with Crippen molar-refractivity contribution in [3.63, 3.8) is 0 Å². The highest BCUT2D eigenvalue weighted by Crippen LogP contribution is 2.18. The van der Waals surface area contributed by atoms with Crippen LogP contribution in [0.1, 0.15) is 35.0 Å². The minimum Gasteiger partial charge on any atom is -0.478 e. The molecule has 1 heterocycles. The van der Waals surface area contributed by atoms with E-state index in [9.17, 15) is 9.59 Å². The molecule has 0 saturated carbocycles. The number of carbonyl (C=O) groups is 2. The number of aryl methyl sites for hydroxylation is 1. The second kappa shape index (κ2) is 7.17. The molecule has 0 aliphatic heterocycles. The maximum absolute atomic E-state index is 11.2. The summed E-state index contributed by atoms with van der Waals surface area (Å²) in [5.41, 5.74) is 3.84. The standard InChI is InChI=1S/C19H19N3O3/c1-13(23)20-16-7-2-6-15-12-22(21-18(15)10-4-8-16)17-9-3-5-14(11-17)19(24)25/h3-5,7-9,11-12H,2,6,10H2,1H3,(H,20,23)(H,24,25). The van der Waals surface area contributed by atoms with Crippen molar-refractivity contribution >= 4 is 11.9 Å². The first-order valence-corrected chi connectivity index (χ1v) is 8.08. The average Bonchev–Trinajstić information content (AvgIpc) is 2.99. The number of aromatic nitrogens is 2. The van der Waals surface area contributed by atoms with Gasteiger partial charge >= 0.3 is 5.97 Å². The van der Waals surface area contributed by atoms with E-state index in [-0.39, 0.29) is 11.5 Å². The van der Waals surface area contributed by atoms with Crippen molar-refractivity contribution < 1.29 is 14.7 Å². The monoisotopic (exact) mass is 337 g/mol. The number of benzene rings is 1. The van der Waals surface area contributed by atoms with Crippen molar-refractivity contribution in [2.75, 3.05) is 0 Å². The van der Waals surface area contributed by atoms with Gasteiger partial charge in [0.15, 0.2) is 0 Å². The number of carboxylic acids is 1. The molecular weight excluding hydrogens is 318 g/mol. The Hall–Kier alpha value is -3.15. The third-order valence-corrected chi connectivity index (χ3v) is 3.94. The molecule has 0 spiro atoms. The molecule has 6 heteroatoms. The molecule has 1 aromatic heterocycles. The zero-order valence-corrected chi connectivity index (χ0v) is 13.9. The Bertz CT molecular complexity index is 878. The van der Waals surface area contributed by atoms with Gasteiger partial charge < -0.3 is 10.4 Å². The number of aromatic carboxylic acids is 1. The van der Waals surface area contributed by atoms with Crippen LogP contribution in [0.15, 0.2) is 54.4 Å². The van der Waals surface area contributed by atoms with Crippen molar-refractivity contribution in [1.29, 1.82) is 0 Å². The lowest BCUT2D eigenvalue weighted by Crippen LogP contribution is -2.17. The van der Waals surface area contributed by atoms with Gasteiger partial charge in [-0.25, -0.2) is 9.48 Å². The molecule has 2 aromatic rings. The Morgan fingerprint density at radius 3 is 2.92 bits per heavy atom. The summed E-state index contributed by atoms with van der Waals surface area (Å²) in [6, 6.07) is 6.72. The topological polar surface area (TPSA) is 84.2 Å². The summed E-state index contributed by atoms with van der Waals surface area (Å²) in [4.78, 5) is 22.3. The van der Waals surface area contributed by atoms with E-state index in [1.165, 1.54) is 6.92 Å². The van der Waals surface area contributed by atoms with E-state index in [1.807, 2.05) is 30.5 Å². The number of hydrogen-bond acceptors (Lipinski definition) is 3. The molecule has 0 bridgehead atoms. The molecule has 1 aliphatic carbocycles. The maximum Gasteiger partial charge on any atom is 0.335 e. The van der Waals surface area contributed by atoms with Crippen molar-refractivity contribution in [2.24, 2.45) is 0 Å². The van der Waals surface area contributed by atoms with E-state index < -0.39 is 5.97 Å². The van der Waals surface area contributed by atoms with Crippen molar-refractivity contribution in [2.45, 2.75) is 26.2 Å². The van der Waals surface area contributed by atoms with Crippen LogP contribution in [0.5, 0.6) is 0 Å². The highest BCUT2D eigenvalue weighted by molar-refractivity contribution is 5.88. The van der Waals surface area contributed by atoms with Crippen LogP contribution in [0, 0.1) is 0 Å². The molecule has 25 heavy (non-hydrogen) atoms. The van der Waals surface area contributed by atoms with Crippen LogP contribution in [0.3, 0.4) is 0 Å². The second-order valence-electron chi connectivity index (χ2n) is 5.89. The van der Waals surface area contributed by atoms with Crippen molar-refractivity contribution in [1.82, 2.24) is 15.1 Å². The van der Waals surface area contributed by atoms with Crippen LogP contribution in [-0.4, -0.2) is 26.8 Å². The predicted molar refractivity (Wildman–Crippen MR) is 93.6 cm³/mol. The molecule has 0 radical (unpaired) electrons. The molecule has 0 fully saturated rings. The van der Waals surface area contributed by atoms with E-state index in [1.54, 1.807) is 22.9 Å². The van der Waals surface area contributed by atoms with Gasteiger partial charge in [0.1, 0.15) is 0 Å². The fourth-order valence-electron chi connectivity index (χ4n) is 2.78.